The molecule has 2 atom stereocenters. The van der Waals surface area contributed by atoms with Gasteiger partial charge < -0.3 is 15.4 Å². The van der Waals surface area contributed by atoms with Crippen molar-refractivity contribution in [1.29, 1.82) is 0 Å². The number of aryl methyl sites for hydroxylation is 1. The number of aromatic nitrogens is 1. The molecule has 1 heterocycles. The molecule has 3 rings (SSSR count). The highest BCUT2D eigenvalue weighted by Crippen LogP contribution is 2.19. The zero-order chi connectivity index (χ0) is 14.7. The van der Waals surface area contributed by atoms with Gasteiger partial charge in [0.05, 0.1) is 12.1 Å². The van der Waals surface area contributed by atoms with Crippen LogP contribution in [0.4, 0.5) is 0 Å². The van der Waals surface area contributed by atoms with Crippen LogP contribution in [0.5, 0.6) is 0 Å². The highest BCUT2D eigenvalue weighted by molar-refractivity contribution is 5.80. The van der Waals surface area contributed by atoms with Gasteiger partial charge in [0.2, 0.25) is 5.91 Å². The maximum Gasteiger partial charge on any atom is 0.220 e. The summed E-state index contributed by atoms with van der Waals surface area (Å²) in [5, 5.41) is 14.0. The van der Waals surface area contributed by atoms with Crippen LogP contribution >= 0.6 is 0 Å². The smallest absolute Gasteiger partial charge is 0.220 e. The van der Waals surface area contributed by atoms with Gasteiger partial charge in [-0.25, -0.2) is 0 Å². The highest BCUT2D eigenvalue weighted by atomic mass is 16.3. The number of H-pyrrole nitrogens is 1. The number of carbonyl (C=O) groups excluding carboxylic acids is 1. The van der Waals surface area contributed by atoms with Crippen LogP contribution in [-0.4, -0.2) is 28.1 Å². The van der Waals surface area contributed by atoms with E-state index >= 15 is 0 Å². The van der Waals surface area contributed by atoms with Crippen molar-refractivity contribution in [3.63, 3.8) is 0 Å². The lowest BCUT2D eigenvalue weighted by Crippen LogP contribution is -2.45. The summed E-state index contributed by atoms with van der Waals surface area (Å²) in [6, 6.07) is 8.21. The van der Waals surface area contributed by atoms with Crippen LogP contribution in [0.25, 0.3) is 10.9 Å². The molecule has 1 aromatic heterocycles. The van der Waals surface area contributed by atoms with Crippen molar-refractivity contribution in [3.05, 3.63) is 36.0 Å². The Kier molecular flexibility index (Phi) is 4.25. The SMILES string of the molecule is O=C(CCc1ccc2[nH]ccc2c1)NC1CCCCC1O. The maximum absolute atomic E-state index is 12.0. The Morgan fingerprint density at radius 1 is 1.29 bits per heavy atom. The predicted octanol–water partition coefficient (Wildman–Crippen LogP) is 2.52. The number of benzene rings is 1. The van der Waals surface area contributed by atoms with Crippen molar-refractivity contribution in [1.82, 2.24) is 10.3 Å². The van der Waals surface area contributed by atoms with E-state index in [2.05, 4.69) is 22.4 Å². The largest absolute Gasteiger partial charge is 0.391 e. The number of amides is 1. The molecule has 0 saturated heterocycles. The lowest BCUT2D eigenvalue weighted by molar-refractivity contribution is -0.123. The molecule has 0 radical (unpaired) electrons. The molecule has 112 valence electrons. The van der Waals surface area contributed by atoms with Gasteiger partial charge in [-0.3, -0.25) is 4.79 Å². The normalized spacial score (nSPS) is 22.3. The third-order valence-electron chi connectivity index (χ3n) is 4.33. The van der Waals surface area contributed by atoms with E-state index in [9.17, 15) is 9.90 Å². The van der Waals surface area contributed by atoms with Gasteiger partial charge in [0.25, 0.3) is 0 Å². The molecule has 1 amide bonds. The van der Waals surface area contributed by atoms with Gasteiger partial charge in [0.15, 0.2) is 0 Å². The van der Waals surface area contributed by atoms with Gasteiger partial charge in [-0.05, 0) is 48.4 Å². The minimum absolute atomic E-state index is 0.0371. The van der Waals surface area contributed by atoms with Crippen molar-refractivity contribution in [2.75, 3.05) is 0 Å². The van der Waals surface area contributed by atoms with E-state index in [0.29, 0.717) is 6.42 Å². The Morgan fingerprint density at radius 3 is 3.00 bits per heavy atom. The second kappa shape index (κ2) is 6.31. The molecule has 4 nitrogen and oxygen atoms in total. The third-order valence-corrected chi connectivity index (χ3v) is 4.33. The molecule has 3 N–H and O–H groups in total. The summed E-state index contributed by atoms with van der Waals surface area (Å²) >= 11 is 0. The fourth-order valence-electron chi connectivity index (χ4n) is 3.07. The van der Waals surface area contributed by atoms with E-state index in [4.69, 9.17) is 0 Å². The third kappa shape index (κ3) is 3.45. The molecule has 1 aliphatic carbocycles. The fourth-order valence-corrected chi connectivity index (χ4v) is 3.07. The maximum atomic E-state index is 12.0. The topological polar surface area (TPSA) is 65.1 Å². The van der Waals surface area contributed by atoms with Crippen LogP contribution in [0, 0.1) is 0 Å². The van der Waals surface area contributed by atoms with E-state index in [1.165, 1.54) is 10.9 Å². The number of hydrogen-bond acceptors (Lipinski definition) is 2. The Balaban J connectivity index is 1.53. The number of rotatable bonds is 4. The molecular weight excluding hydrogens is 264 g/mol. The van der Waals surface area contributed by atoms with E-state index in [1.54, 1.807) is 0 Å². The quantitative estimate of drug-likeness (QED) is 0.808. The van der Waals surface area contributed by atoms with Crippen LogP contribution in [0.2, 0.25) is 0 Å². The highest BCUT2D eigenvalue weighted by Gasteiger charge is 2.24. The summed E-state index contributed by atoms with van der Waals surface area (Å²) in [7, 11) is 0. The van der Waals surface area contributed by atoms with Gasteiger partial charge in [-0.1, -0.05) is 18.9 Å². The first-order valence-electron chi connectivity index (χ1n) is 7.76. The minimum atomic E-state index is -0.376. The van der Waals surface area contributed by atoms with Gasteiger partial charge >= 0.3 is 0 Å². The number of nitrogens with one attached hydrogen (secondary N) is 2. The molecule has 4 heteroatoms. The van der Waals surface area contributed by atoms with E-state index in [-0.39, 0.29) is 18.1 Å². The van der Waals surface area contributed by atoms with Gasteiger partial charge in [-0.2, -0.15) is 0 Å². The van der Waals surface area contributed by atoms with Crippen molar-refractivity contribution >= 4 is 16.8 Å². The summed E-state index contributed by atoms with van der Waals surface area (Å²) < 4.78 is 0. The summed E-state index contributed by atoms with van der Waals surface area (Å²) in [6.07, 6.45) is 6.59. The number of hydrogen-bond donors (Lipinski definition) is 3. The standard InChI is InChI=1S/C17H22N2O2/c20-16-4-2-1-3-15(16)19-17(21)8-6-12-5-7-14-13(11-12)9-10-18-14/h5,7,9-11,15-16,18,20H,1-4,6,8H2,(H,19,21). The van der Waals surface area contributed by atoms with Crippen LogP contribution in [-0.2, 0) is 11.2 Å². The molecular formula is C17H22N2O2. The Labute approximate surface area is 124 Å². The monoisotopic (exact) mass is 286 g/mol. The zero-order valence-corrected chi connectivity index (χ0v) is 12.1. The van der Waals surface area contributed by atoms with E-state index < -0.39 is 0 Å². The van der Waals surface area contributed by atoms with Gasteiger partial charge in [0.1, 0.15) is 0 Å². The average Bonchev–Trinajstić information content (AvgIpc) is 2.95. The minimum Gasteiger partial charge on any atom is -0.391 e. The summed E-state index contributed by atoms with van der Waals surface area (Å²) in [5.74, 6) is 0.0371. The summed E-state index contributed by atoms with van der Waals surface area (Å²) in [4.78, 5) is 15.2. The molecule has 2 unspecified atom stereocenters. The summed E-state index contributed by atoms with van der Waals surface area (Å²) in [6.45, 7) is 0. The molecule has 1 fully saturated rings. The summed E-state index contributed by atoms with van der Waals surface area (Å²) in [5.41, 5.74) is 2.29. The van der Waals surface area contributed by atoms with Gasteiger partial charge in [0, 0.05) is 18.1 Å². The predicted molar refractivity (Wildman–Crippen MR) is 83.0 cm³/mol. The Hall–Kier alpha value is -1.81. The first kappa shape index (κ1) is 14.1. The Bertz CT molecular complexity index is 620. The molecule has 0 aliphatic heterocycles. The molecule has 1 aliphatic rings. The van der Waals surface area contributed by atoms with Crippen LogP contribution in [0.3, 0.4) is 0 Å². The molecule has 0 spiro atoms. The fraction of sp³-hybridized carbons (Fsp3) is 0.471. The molecule has 1 saturated carbocycles. The number of carbonyl (C=O) groups is 1. The zero-order valence-electron chi connectivity index (χ0n) is 12.1. The van der Waals surface area contributed by atoms with Crippen molar-refractivity contribution < 1.29 is 9.90 Å². The number of aliphatic hydroxyl groups is 1. The van der Waals surface area contributed by atoms with E-state index in [0.717, 1.165) is 37.6 Å². The van der Waals surface area contributed by atoms with Crippen molar-refractivity contribution in [2.24, 2.45) is 0 Å². The lowest BCUT2D eigenvalue weighted by Gasteiger charge is -2.28. The van der Waals surface area contributed by atoms with Crippen LogP contribution < -0.4 is 5.32 Å². The molecule has 0 bridgehead atoms. The van der Waals surface area contributed by atoms with Crippen LogP contribution in [0.15, 0.2) is 30.5 Å². The van der Waals surface area contributed by atoms with Crippen molar-refractivity contribution in [3.8, 4) is 0 Å². The second-order valence-electron chi connectivity index (χ2n) is 5.93. The lowest BCUT2D eigenvalue weighted by atomic mass is 9.92. The first-order chi connectivity index (χ1) is 10.2. The number of aromatic amines is 1. The van der Waals surface area contributed by atoms with Crippen LogP contribution in [0.1, 0.15) is 37.7 Å². The van der Waals surface area contributed by atoms with E-state index in [1.807, 2.05) is 18.3 Å². The number of aliphatic hydroxyl groups excluding tert-OH is 1. The van der Waals surface area contributed by atoms with Gasteiger partial charge in [-0.15, -0.1) is 0 Å². The number of fused-ring (bicyclic) bond motifs is 1. The molecule has 2 aromatic rings. The first-order valence-corrected chi connectivity index (χ1v) is 7.76. The van der Waals surface area contributed by atoms with Crippen molar-refractivity contribution in [2.45, 2.75) is 50.7 Å². The molecule has 21 heavy (non-hydrogen) atoms. The average molecular weight is 286 g/mol. The Morgan fingerprint density at radius 2 is 2.14 bits per heavy atom. The second-order valence-corrected chi connectivity index (χ2v) is 5.93. The molecule has 1 aromatic carbocycles.